The Morgan fingerprint density at radius 3 is 2.50 bits per heavy atom. The van der Waals surface area contributed by atoms with E-state index in [0.29, 0.717) is 38.5 Å². The lowest BCUT2D eigenvalue weighted by molar-refractivity contribution is -0.385. The van der Waals surface area contributed by atoms with Crippen molar-refractivity contribution in [3.63, 3.8) is 0 Å². The summed E-state index contributed by atoms with van der Waals surface area (Å²) in [5, 5.41) is 31.6. The van der Waals surface area contributed by atoms with E-state index < -0.39 is 11.0 Å². The molecule has 1 aliphatic rings. The van der Waals surface area contributed by atoms with Gasteiger partial charge in [0.15, 0.2) is 5.75 Å². The van der Waals surface area contributed by atoms with Crippen LogP contribution in [0.2, 0.25) is 0 Å². The molecule has 4 aromatic carbocycles. The number of aliphatic hydroxyl groups excluding tert-OH is 1. The van der Waals surface area contributed by atoms with Crippen LogP contribution in [0.1, 0.15) is 23.5 Å². The SMILES string of the molecule is COc1cc(CO[C@H]2CNC[C@@H](OCC(O)Cn3cncn3)[C@@H]2c2ccc(OCCCOc3ccccc3[N+](=O)[O-])cc2)cc2ccccc12. The molecule has 2 N–H and O–H groups in total. The fraction of sp³-hybridized carbons (Fsp3) is 0.351. The number of nitro groups is 1. The lowest BCUT2D eigenvalue weighted by atomic mass is 9.85. The summed E-state index contributed by atoms with van der Waals surface area (Å²) in [5.74, 6) is 1.59. The van der Waals surface area contributed by atoms with E-state index >= 15 is 0 Å². The van der Waals surface area contributed by atoms with Crippen molar-refractivity contribution < 1.29 is 33.7 Å². The van der Waals surface area contributed by atoms with Crippen LogP contribution in [0.25, 0.3) is 10.8 Å². The van der Waals surface area contributed by atoms with Crippen LogP contribution < -0.4 is 19.5 Å². The number of nitro benzene ring substituents is 1. The number of piperidine rings is 1. The topological polar surface area (TPSA) is 152 Å². The maximum Gasteiger partial charge on any atom is 0.310 e. The van der Waals surface area contributed by atoms with Gasteiger partial charge in [-0.05, 0) is 46.8 Å². The zero-order valence-corrected chi connectivity index (χ0v) is 27.8. The first-order valence-corrected chi connectivity index (χ1v) is 16.6. The number of hydrogen-bond donors (Lipinski definition) is 2. The highest BCUT2D eigenvalue weighted by atomic mass is 16.6. The lowest BCUT2D eigenvalue weighted by Gasteiger charge is -2.39. The molecule has 0 spiro atoms. The molecule has 13 nitrogen and oxygen atoms in total. The second-order valence-corrected chi connectivity index (χ2v) is 12.0. The maximum atomic E-state index is 11.2. The van der Waals surface area contributed by atoms with Gasteiger partial charge in [-0.25, -0.2) is 4.98 Å². The Morgan fingerprint density at radius 1 is 0.960 bits per heavy atom. The van der Waals surface area contributed by atoms with Crippen LogP contribution in [0.5, 0.6) is 17.2 Å². The molecule has 1 aliphatic heterocycles. The zero-order chi connectivity index (χ0) is 34.7. The molecule has 1 fully saturated rings. The first kappa shape index (κ1) is 34.8. The van der Waals surface area contributed by atoms with Gasteiger partial charge in [-0.15, -0.1) is 0 Å². The molecule has 1 unspecified atom stereocenters. The lowest BCUT2D eigenvalue weighted by Crippen LogP contribution is -2.51. The van der Waals surface area contributed by atoms with E-state index in [0.717, 1.165) is 27.6 Å². The molecule has 262 valence electrons. The number of rotatable bonds is 17. The summed E-state index contributed by atoms with van der Waals surface area (Å²) in [5.41, 5.74) is 1.96. The number of para-hydroxylation sites is 2. The Labute approximate surface area is 289 Å². The minimum atomic E-state index is -0.767. The molecule has 1 aromatic heterocycles. The molecule has 0 radical (unpaired) electrons. The van der Waals surface area contributed by atoms with Crippen molar-refractivity contribution in [2.75, 3.05) is 40.0 Å². The molecule has 4 atom stereocenters. The molecular weight excluding hydrogens is 642 g/mol. The van der Waals surface area contributed by atoms with Crippen LogP contribution in [0.4, 0.5) is 5.69 Å². The van der Waals surface area contributed by atoms with E-state index in [1.54, 1.807) is 36.3 Å². The summed E-state index contributed by atoms with van der Waals surface area (Å²) in [6, 6.07) is 26.4. The third-order valence-corrected chi connectivity index (χ3v) is 8.57. The monoisotopic (exact) mass is 683 g/mol. The van der Waals surface area contributed by atoms with Crippen molar-refractivity contribution in [1.29, 1.82) is 0 Å². The van der Waals surface area contributed by atoms with Gasteiger partial charge in [-0.2, -0.15) is 5.10 Å². The first-order chi connectivity index (χ1) is 24.5. The molecule has 0 amide bonds. The Bertz CT molecular complexity index is 1820. The molecule has 0 bridgehead atoms. The highest BCUT2D eigenvalue weighted by molar-refractivity contribution is 5.89. The Balaban J connectivity index is 1.11. The van der Waals surface area contributed by atoms with Crippen LogP contribution in [-0.4, -0.2) is 83.1 Å². The van der Waals surface area contributed by atoms with E-state index in [1.807, 2.05) is 48.5 Å². The summed E-state index contributed by atoms with van der Waals surface area (Å²) in [4.78, 5) is 14.7. The van der Waals surface area contributed by atoms with Crippen LogP contribution in [0, 0.1) is 10.1 Å². The highest BCUT2D eigenvalue weighted by Crippen LogP contribution is 2.33. The average Bonchev–Trinajstić information content (AvgIpc) is 3.66. The number of fused-ring (bicyclic) bond motifs is 1. The minimum Gasteiger partial charge on any atom is -0.496 e. The Hall–Kier alpha value is -5.08. The minimum absolute atomic E-state index is 0.0619. The molecule has 2 heterocycles. The van der Waals surface area contributed by atoms with Crippen molar-refractivity contribution >= 4 is 16.5 Å². The molecule has 50 heavy (non-hydrogen) atoms. The average molecular weight is 684 g/mol. The largest absolute Gasteiger partial charge is 0.496 e. The van der Waals surface area contributed by atoms with Crippen molar-refractivity contribution in [3.05, 3.63) is 119 Å². The van der Waals surface area contributed by atoms with Gasteiger partial charge in [0.2, 0.25) is 0 Å². The van der Waals surface area contributed by atoms with Crippen molar-refractivity contribution in [3.8, 4) is 17.2 Å². The second kappa shape index (κ2) is 17.0. The van der Waals surface area contributed by atoms with Gasteiger partial charge in [0.25, 0.3) is 0 Å². The predicted molar refractivity (Wildman–Crippen MR) is 186 cm³/mol. The molecule has 13 heteroatoms. The number of nitrogens with zero attached hydrogens (tertiary/aromatic N) is 4. The standard InChI is InChI=1S/C37H41N5O8/c1-46-34-18-26(17-28-7-2-3-8-31(28)34)22-49-35-19-38-20-36(50-23-29(43)21-41-25-39-24-40-41)37(35)27-11-13-30(14-12-27)47-15-6-16-48-33-10-5-4-9-32(33)42(44)45/h2-5,7-14,17-18,24-25,29,35-38,43H,6,15-16,19-23H2,1H3/t29?,35-,36+,37+/m0/s1. The molecule has 0 aliphatic carbocycles. The van der Waals surface area contributed by atoms with Crippen LogP contribution in [-0.2, 0) is 22.6 Å². The van der Waals surface area contributed by atoms with Gasteiger partial charge in [0, 0.05) is 36.9 Å². The Kier molecular flexibility index (Phi) is 11.8. The maximum absolute atomic E-state index is 11.2. The van der Waals surface area contributed by atoms with Crippen molar-refractivity contribution in [1.82, 2.24) is 20.1 Å². The fourth-order valence-corrected chi connectivity index (χ4v) is 6.18. The van der Waals surface area contributed by atoms with E-state index in [-0.39, 0.29) is 49.3 Å². The zero-order valence-electron chi connectivity index (χ0n) is 27.8. The fourth-order valence-electron chi connectivity index (χ4n) is 6.18. The molecular formula is C37H41N5O8. The van der Waals surface area contributed by atoms with Gasteiger partial charge < -0.3 is 34.1 Å². The number of aromatic nitrogens is 3. The van der Waals surface area contributed by atoms with Gasteiger partial charge in [0.05, 0.1) is 63.3 Å². The number of hydrogen-bond acceptors (Lipinski definition) is 11. The summed E-state index contributed by atoms with van der Waals surface area (Å²) in [7, 11) is 1.67. The summed E-state index contributed by atoms with van der Waals surface area (Å²) < 4.78 is 31.8. The van der Waals surface area contributed by atoms with Gasteiger partial charge in [-0.3, -0.25) is 14.8 Å². The number of aliphatic hydroxyl groups is 1. The summed E-state index contributed by atoms with van der Waals surface area (Å²) in [6.45, 7) is 2.63. The first-order valence-electron chi connectivity index (χ1n) is 16.6. The van der Waals surface area contributed by atoms with Crippen LogP contribution in [0.3, 0.4) is 0 Å². The molecule has 1 saturated heterocycles. The smallest absolute Gasteiger partial charge is 0.310 e. The normalized spacial score (nSPS) is 18.1. The number of nitrogens with one attached hydrogen (secondary N) is 1. The van der Waals surface area contributed by atoms with Gasteiger partial charge >= 0.3 is 5.69 Å². The van der Waals surface area contributed by atoms with Crippen molar-refractivity contribution in [2.45, 2.75) is 43.8 Å². The van der Waals surface area contributed by atoms with E-state index in [1.165, 1.54) is 12.4 Å². The van der Waals surface area contributed by atoms with Crippen LogP contribution >= 0.6 is 0 Å². The second-order valence-electron chi connectivity index (χ2n) is 12.0. The molecule has 6 rings (SSSR count). The quantitative estimate of drug-likeness (QED) is 0.0781. The number of benzene rings is 4. The van der Waals surface area contributed by atoms with Gasteiger partial charge in [-0.1, -0.05) is 48.5 Å². The highest BCUT2D eigenvalue weighted by Gasteiger charge is 2.36. The third-order valence-electron chi connectivity index (χ3n) is 8.57. The van der Waals surface area contributed by atoms with E-state index in [2.05, 4.69) is 27.5 Å². The predicted octanol–water partition coefficient (Wildman–Crippen LogP) is 4.91. The van der Waals surface area contributed by atoms with Crippen LogP contribution in [0.15, 0.2) is 97.6 Å². The Morgan fingerprint density at radius 2 is 1.72 bits per heavy atom. The van der Waals surface area contributed by atoms with Gasteiger partial charge in [0.1, 0.15) is 24.2 Å². The third kappa shape index (κ3) is 8.93. The molecule has 0 saturated carbocycles. The van der Waals surface area contributed by atoms with Crippen molar-refractivity contribution in [2.24, 2.45) is 0 Å². The summed E-state index contributed by atoms with van der Waals surface area (Å²) >= 11 is 0. The number of ether oxygens (including phenoxy) is 5. The number of methoxy groups -OCH3 is 1. The van der Waals surface area contributed by atoms with E-state index in [9.17, 15) is 15.2 Å². The summed E-state index contributed by atoms with van der Waals surface area (Å²) in [6.07, 6.45) is 2.26. The van der Waals surface area contributed by atoms with E-state index in [4.69, 9.17) is 23.7 Å². The molecule has 5 aromatic rings.